The minimum Gasteiger partial charge on any atom is -0.427 e. The van der Waals surface area contributed by atoms with Crippen molar-refractivity contribution >= 4 is 34.1 Å². The molecule has 0 spiro atoms. The highest BCUT2D eigenvalue weighted by Gasteiger charge is 2.15. The molecule has 0 aliphatic rings. The molecule has 0 radical (unpaired) electrons. The fraction of sp³-hybridized carbons (Fsp3) is 0.0526. The molecule has 7 nitrogen and oxygen atoms in total. The van der Waals surface area contributed by atoms with Crippen LogP contribution in [0.1, 0.15) is 17.3 Å². The van der Waals surface area contributed by atoms with Gasteiger partial charge in [-0.05, 0) is 42.5 Å². The maximum absolute atomic E-state index is 13.1. The third kappa shape index (κ3) is 3.60. The quantitative estimate of drug-likeness (QED) is 0.419. The van der Waals surface area contributed by atoms with Gasteiger partial charge in [0.1, 0.15) is 11.6 Å². The molecule has 0 aliphatic heterocycles. The summed E-state index contributed by atoms with van der Waals surface area (Å²) in [4.78, 5) is 28.4. The van der Waals surface area contributed by atoms with Crippen LogP contribution in [0.25, 0.3) is 16.2 Å². The summed E-state index contributed by atoms with van der Waals surface area (Å²) in [5.41, 5.74) is 1.82. The highest BCUT2D eigenvalue weighted by atomic mass is 32.1. The fourth-order valence-corrected chi connectivity index (χ4v) is 3.43. The molecule has 0 unspecified atom stereocenters. The van der Waals surface area contributed by atoms with Crippen LogP contribution >= 0.6 is 11.3 Å². The van der Waals surface area contributed by atoms with Gasteiger partial charge in [-0.3, -0.25) is 14.9 Å². The van der Waals surface area contributed by atoms with Crippen molar-refractivity contribution in [3.63, 3.8) is 0 Å². The maximum Gasteiger partial charge on any atom is 0.308 e. The summed E-state index contributed by atoms with van der Waals surface area (Å²) in [7, 11) is 0. The zero-order chi connectivity index (χ0) is 19.7. The van der Waals surface area contributed by atoms with E-state index < -0.39 is 11.9 Å². The van der Waals surface area contributed by atoms with Crippen molar-refractivity contribution in [3.8, 4) is 17.0 Å². The second-order valence-corrected chi connectivity index (χ2v) is 6.67. The van der Waals surface area contributed by atoms with E-state index in [-0.39, 0.29) is 17.5 Å². The monoisotopic (exact) mass is 396 g/mol. The standard InChI is InChI=1S/C19H13FN4O3S/c1-11(25)27-15-4-2-3-13(9-15)17(26)21-18-22-19-24(23-18)16(10-28-19)12-5-7-14(20)8-6-12/h2-10H,1H3,(H,21,23,26). The molecule has 0 atom stereocenters. The Bertz CT molecular complexity index is 1180. The molecule has 2 aromatic heterocycles. The van der Waals surface area contributed by atoms with Crippen molar-refractivity contribution in [2.24, 2.45) is 0 Å². The smallest absolute Gasteiger partial charge is 0.308 e. The lowest BCUT2D eigenvalue weighted by Gasteiger charge is -2.04. The van der Waals surface area contributed by atoms with Gasteiger partial charge in [-0.25, -0.2) is 8.91 Å². The summed E-state index contributed by atoms with van der Waals surface area (Å²) in [6.07, 6.45) is 0. The number of carbonyl (C=O) groups excluding carboxylic acids is 2. The minimum atomic E-state index is -0.470. The molecule has 0 bridgehead atoms. The molecular formula is C19H13FN4O3S. The highest BCUT2D eigenvalue weighted by Crippen LogP contribution is 2.26. The van der Waals surface area contributed by atoms with Gasteiger partial charge in [-0.15, -0.1) is 16.4 Å². The maximum atomic E-state index is 13.1. The number of carbonyl (C=O) groups is 2. The predicted octanol–water partition coefficient (Wildman–Crippen LogP) is 3.77. The summed E-state index contributed by atoms with van der Waals surface area (Å²) >= 11 is 1.35. The van der Waals surface area contributed by atoms with Crippen molar-refractivity contribution in [1.29, 1.82) is 0 Å². The lowest BCUT2D eigenvalue weighted by atomic mass is 10.2. The van der Waals surface area contributed by atoms with Gasteiger partial charge in [0.15, 0.2) is 0 Å². The van der Waals surface area contributed by atoms with Crippen molar-refractivity contribution in [2.45, 2.75) is 6.92 Å². The number of ether oxygens (including phenoxy) is 1. The van der Waals surface area contributed by atoms with Gasteiger partial charge in [0.05, 0.1) is 5.69 Å². The molecule has 9 heteroatoms. The van der Waals surface area contributed by atoms with Gasteiger partial charge < -0.3 is 4.74 Å². The third-order valence-electron chi connectivity index (χ3n) is 3.80. The number of thiazole rings is 1. The number of halogens is 1. The molecule has 2 aromatic carbocycles. The van der Waals surface area contributed by atoms with Crippen molar-refractivity contribution < 1.29 is 18.7 Å². The normalized spacial score (nSPS) is 10.8. The van der Waals surface area contributed by atoms with Crippen molar-refractivity contribution in [1.82, 2.24) is 14.6 Å². The molecule has 1 amide bonds. The Morgan fingerprint density at radius 1 is 1.18 bits per heavy atom. The second kappa shape index (κ2) is 7.20. The van der Waals surface area contributed by atoms with Gasteiger partial charge in [-0.2, -0.15) is 4.98 Å². The topological polar surface area (TPSA) is 85.6 Å². The van der Waals surface area contributed by atoms with Gasteiger partial charge in [0, 0.05) is 23.4 Å². The van der Waals surface area contributed by atoms with E-state index in [0.29, 0.717) is 10.5 Å². The molecule has 28 heavy (non-hydrogen) atoms. The van der Waals surface area contributed by atoms with Crippen LogP contribution in [-0.4, -0.2) is 26.5 Å². The zero-order valence-corrected chi connectivity index (χ0v) is 15.4. The number of rotatable bonds is 4. The number of hydrogen-bond donors (Lipinski definition) is 1. The van der Waals surface area contributed by atoms with Crippen molar-refractivity contribution in [2.75, 3.05) is 5.32 Å². The van der Waals surface area contributed by atoms with Gasteiger partial charge in [0.25, 0.3) is 11.9 Å². The van der Waals surface area contributed by atoms with Crippen LogP contribution < -0.4 is 10.1 Å². The van der Waals surface area contributed by atoms with Crippen LogP contribution in [0.2, 0.25) is 0 Å². The summed E-state index contributed by atoms with van der Waals surface area (Å²) < 4.78 is 19.7. The first kappa shape index (κ1) is 17.8. The number of hydrogen-bond acceptors (Lipinski definition) is 6. The molecule has 2 heterocycles. The van der Waals surface area contributed by atoms with Crippen LogP contribution in [0.4, 0.5) is 10.3 Å². The Balaban J connectivity index is 1.58. The van der Waals surface area contributed by atoms with E-state index in [0.717, 1.165) is 11.3 Å². The first-order valence-corrected chi connectivity index (χ1v) is 9.07. The van der Waals surface area contributed by atoms with Crippen LogP contribution in [0, 0.1) is 5.82 Å². The van der Waals surface area contributed by atoms with Gasteiger partial charge in [-0.1, -0.05) is 6.07 Å². The number of nitrogens with zero attached hydrogens (tertiary/aromatic N) is 3. The Kier molecular flexibility index (Phi) is 4.58. The number of aromatic nitrogens is 3. The van der Waals surface area contributed by atoms with E-state index in [2.05, 4.69) is 15.4 Å². The molecule has 0 fully saturated rings. The predicted molar refractivity (Wildman–Crippen MR) is 102 cm³/mol. The number of fused-ring (bicyclic) bond motifs is 1. The molecule has 4 aromatic rings. The summed E-state index contributed by atoms with van der Waals surface area (Å²) in [6.45, 7) is 1.28. The number of benzene rings is 2. The summed E-state index contributed by atoms with van der Waals surface area (Å²) in [6, 6.07) is 12.3. The van der Waals surface area contributed by atoms with Crippen molar-refractivity contribution in [3.05, 3.63) is 65.3 Å². The van der Waals surface area contributed by atoms with Gasteiger partial charge in [0.2, 0.25) is 4.96 Å². The lowest BCUT2D eigenvalue weighted by molar-refractivity contribution is -0.131. The van der Waals surface area contributed by atoms with E-state index in [9.17, 15) is 14.0 Å². The zero-order valence-electron chi connectivity index (χ0n) is 14.5. The van der Waals surface area contributed by atoms with Gasteiger partial charge >= 0.3 is 5.97 Å². The summed E-state index contributed by atoms with van der Waals surface area (Å²) in [5, 5.41) is 8.80. The lowest BCUT2D eigenvalue weighted by Crippen LogP contribution is -2.13. The molecule has 140 valence electrons. The molecular weight excluding hydrogens is 383 g/mol. The highest BCUT2D eigenvalue weighted by molar-refractivity contribution is 7.15. The SMILES string of the molecule is CC(=O)Oc1cccc(C(=O)Nc2nc3scc(-c4ccc(F)cc4)n3n2)c1. The van der Waals surface area contributed by atoms with Crippen LogP contribution in [0.3, 0.4) is 0 Å². The first-order chi connectivity index (χ1) is 13.5. The molecule has 0 saturated heterocycles. The fourth-order valence-electron chi connectivity index (χ4n) is 2.59. The van der Waals surface area contributed by atoms with Crippen LogP contribution in [0.5, 0.6) is 5.75 Å². The van der Waals surface area contributed by atoms with E-state index in [1.54, 1.807) is 34.8 Å². The minimum absolute atomic E-state index is 0.137. The number of esters is 1. The third-order valence-corrected chi connectivity index (χ3v) is 4.62. The second-order valence-electron chi connectivity index (χ2n) is 5.83. The first-order valence-electron chi connectivity index (χ1n) is 8.19. The molecule has 1 N–H and O–H groups in total. The molecule has 0 aliphatic carbocycles. The molecule has 0 saturated carbocycles. The average molecular weight is 396 g/mol. The van der Waals surface area contributed by atoms with E-state index in [1.807, 2.05) is 5.38 Å². The van der Waals surface area contributed by atoms with Crippen LogP contribution in [-0.2, 0) is 4.79 Å². The Labute approximate surface area is 162 Å². The largest absolute Gasteiger partial charge is 0.427 e. The number of anilines is 1. The van der Waals surface area contributed by atoms with E-state index >= 15 is 0 Å². The van der Waals surface area contributed by atoms with E-state index in [4.69, 9.17) is 4.74 Å². The van der Waals surface area contributed by atoms with Crippen LogP contribution in [0.15, 0.2) is 53.9 Å². The average Bonchev–Trinajstić information content (AvgIpc) is 3.22. The Morgan fingerprint density at radius 3 is 2.71 bits per heavy atom. The Morgan fingerprint density at radius 2 is 1.96 bits per heavy atom. The number of amides is 1. The molecule has 4 rings (SSSR count). The van der Waals surface area contributed by atoms with E-state index in [1.165, 1.54) is 36.5 Å². The number of nitrogens with one attached hydrogen (secondary N) is 1. The summed E-state index contributed by atoms with van der Waals surface area (Å²) in [5.74, 6) is -0.814. The Hall–Kier alpha value is -3.59.